The number of rotatable bonds is 1. The molecule has 1 saturated carbocycles. The van der Waals surface area contributed by atoms with Crippen LogP contribution in [0.3, 0.4) is 0 Å². The fourth-order valence-corrected chi connectivity index (χ4v) is 1.39. The molecular weight excluding hydrogens is 239 g/mol. The lowest BCUT2D eigenvalue weighted by Gasteiger charge is -2.06. The molecule has 1 fully saturated rings. The van der Waals surface area contributed by atoms with Gasteiger partial charge >= 0.3 is 0 Å². The van der Waals surface area contributed by atoms with Crippen LogP contribution in [0.5, 0.6) is 0 Å². The smallest absolute Gasteiger partial charge is 0.0623 e. The minimum Gasteiger partial charge on any atom is -0.266 e. The molecule has 54 valence electrons. The van der Waals surface area contributed by atoms with E-state index in [0.29, 0.717) is 5.54 Å². The summed E-state index contributed by atoms with van der Waals surface area (Å²) in [6.07, 6.45) is 6.58. The molecule has 0 bridgehead atoms. The number of nitrogens with zero attached hydrogens (tertiary/aromatic N) is 2. The van der Waals surface area contributed by atoms with Crippen LogP contribution in [0.1, 0.15) is 19.8 Å². The Hall–Kier alpha value is -0.0600. The highest BCUT2D eigenvalue weighted by Gasteiger charge is 2.39. The van der Waals surface area contributed by atoms with Crippen molar-refractivity contribution in [2.24, 2.45) is 0 Å². The van der Waals surface area contributed by atoms with E-state index in [9.17, 15) is 0 Å². The van der Waals surface area contributed by atoms with Crippen molar-refractivity contribution >= 4 is 22.6 Å². The molecule has 0 spiro atoms. The zero-order valence-electron chi connectivity index (χ0n) is 5.84. The molecule has 1 aliphatic rings. The van der Waals surface area contributed by atoms with Crippen LogP contribution in [-0.4, -0.2) is 9.78 Å². The third kappa shape index (κ3) is 0.962. The normalized spacial score (nSPS) is 21.0. The van der Waals surface area contributed by atoms with E-state index >= 15 is 0 Å². The second kappa shape index (κ2) is 1.96. The Bertz CT molecular complexity index is 250. The minimum atomic E-state index is 0.365. The molecule has 0 aromatic carbocycles. The van der Waals surface area contributed by atoms with Gasteiger partial charge in [-0.1, -0.05) is 0 Å². The van der Waals surface area contributed by atoms with Crippen molar-refractivity contribution in [3.8, 4) is 0 Å². The maximum atomic E-state index is 4.26. The summed E-state index contributed by atoms with van der Waals surface area (Å²) < 4.78 is 3.31. The van der Waals surface area contributed by atoms with Gasteiger partial charge in [0.05, 0.1) is 15.3 Å². The molecule has 3 heteroatoms. The van der Waals surface area contributed by atoms with Gasteiger partial charge in [0.25, 0.3) is 0 Å². The summed E-state index contributed by atoms with van der Waals surface area (Å²) in [6, 6.07) is 0. The molecule has 0 amide bonds. The first-order chi connectivity index (χ1) is 4.71. The Labute approximate surface area is 73.8 Å². The molecule has 1 aromatic heterocycles. The standard InChI is InChI=1S/C7H9IN2/c1-7(2-3-7)10-5-6(8)4-9-10/h4-5H,2-3H2,1H3. The van der Waals surface area contributed by atoms with E-state index in [1.165, 1.54) is 16.4 Å². The molecule has 0 atom stereocenters. The van der Waals surface area contributed by atoms with Gasteiger partial charge in [0, 0.05) is 6.20 Å². The van der Waals surface area contributed by atoms with Crippen molar-refractivity contribution in [2.45, 2.75) is 25.3 Å². The Kier molecular flexibility index (Phi) is 1.30. The SMILES string of the molecule is CC1(n2cc(I)cn2)CC1. The summed E-state index contributed by atoms with van der Waals surface area (Å²) in [5, 5.41) is 4.26. The van der Waals surface area contributed by atoms with Gasteiger partial charge in [-0.2, -0.15) is 5.10 Å². The maximum Gasteiger partial charge on any atom is 0.0623 e. The van der Waals surface area contributed by atoms with Crippen molar-refractivity contribution in [3.05, 3.63) is 16.0 Å². The summed E-state index contributed by atoms with van der Waals surface area (Å²) >= 11 is 2.29. The van der Waals surface area contributed by atoms with Gasteiger partial charge in [-0.25, -0.2) is 0 Å². The number of halogens is 1. The van der Waals surface area contributed by atoms with Crippen molar-refractivity contribution in [1.82, 2.24) is 9.78 Å². The highest BCUT2D eigenvalue weighted by atomic mass is 127. The van der Waals surface area contributed by atoms with Crippen LogP contribution in [0.25, 0.3) is 0 Å². The molecule has 1 aliphatic carbocycles. The second-order valence-corrected chi connectivity index (χ2v) is 4.35. The van der Waals surface area contributed by atoms with Gasteiger partial charge in [0.15, 0.2) is 0 Å². The van der Waals surface area contributed by atoms with Crippen LogP contribution in [0.2, 0.25) is 0 Å². The zero-order valence-corrected chi connectivity index (χ0v) is 8.00. The molecular formula is C7H9IN2. The van der Waals surface area contributed by atoms with Crippen molar-refractivity contribution in [3.63, 3.8) is 0 Å². The Morgan fingerprint density at radius 3 is 2.80 bits per heavy atom. The van der Waals surface area contributed by atoms with E-state index in [4.69, 9.17) is 0 Å². The second-order valence-electron chi connectivity index (χ2n) is 3.10. The number of hydrogen-bond acceptors (Lipinski definition) is 1. The van der Waals surface area contributed by atoms with Gasteiger partial charge in [-0.05, 0) is 42.4 Å². The predicted molar refractivity (Wildman–Crippen MR) is 47.8 cm³/mol. The molecule has 0 aliphatic heterocycles. The lowest BCUT2D eigenvalue weighted by molar-refractivity contribution is 0.472. The summed E-state index contributed by atoms with van der Waals surface area (Å²) in [5.41, 5.74) is 0.365. The molecule has 1 heterocycles. The first-order valence-electron chi connectivity index (χ1n) is 3.41. The van der Waals surface area contributed by atoms with E-state index < -0.39 is 0 Å². The first-order valence-corrected chi connectivity index (χ1v) is 4.49. The fraction of sp³-hybridized carbons (Fsp3) is 0.571. The van der Waals surface area contributed by atoms with Gasteiger partial charge in [-0.15, -0.1) is 0 Å². The van der Waals surface area contributed by atoms with Crippen LogP contribution in [-0.2, 0) is 5.54 Å². The van der Waals surface area contributed by atoms with Crippen LogP contribution < -0.4 is 0 Å². The Morgan fingerprint density at radius 2 is 2.40 bits per heavy atom. The van der Waals surface area contributed by atoms with Gasteiger partial charge in [0.2, 0.25) is 0 Å². The predicted octanol–water partition coefficient (Wildman–Crippen LogP) is 2.00. The van der Waals surface area contributed by atoms with E-state index in [1.54, 1.807) is 0 Å². The van der Waals surface area contributed by atoms with Crippen LogP contribution >= 0.6 is 22.6 Å². The Morgan fingerprint density at radius 1 is 1.70 bits per heavy atom. The Balaban J connectivity index is 2.34. The molecule has 2 nitrogen and oxygen atoms in total. The summed E-state index contributed by atoms with van der Waals surface area (Å²) in [4.78, 5) is 0. The molecule has 0 saturated heterocycles. The number of aromatic nitrogens is 2. The van der Waals surface area contributed by atoms with Crippen molar-refractivity contribution in [1.29, 1.82) is 0 Å². The highest BCUT2D eigenvalue weighted by molar-refractivity contribution is 14.1. The monoisotopic (exact) mass is 248 g/mol. The topological polar surface area (TPSA) is 17.8 Å². The average molecular weight is 248 g/mol. The summed E-state index contributed by atoms with van der Waals surface area (Å²) in [5.74, 6) is 0. The van der Waals surface area contributed by atoms with Crippen molar-refractivity contribution < 1.29 is 0 Å². The van der Waals surface area contributed by atoms with E-state index in [2.05, 4.69) is 45.5 Å². The molecule has 10 heavy (non-hydrogen) atoms. The molecule has 2 rings (SSSR count). The third-order valence-corrected chi connectivity index (χ3v) is 2.63. The van der Waals surface area contributed by atoms with Crippen LogP contribution in [0.4, 0.5) is 0 Å². The largest absolute Gasteiger partial charge is 0.266 e. The van der Waals surface area contributed by atoms with Crippen molar-refractivity contribution in [2.75, 3.05) is 0 Å². The lowest BCUT2D eigenvalue weighted by atomic mass is 10.3. The van der Waals surface area contributed by atoms with Crippen LogP contribution in [0, 0.1) is 3.57 Å². The summed E-state index contributed by atoms with van der Waals surface area (Å²) in [7, 11) is 0. The molecule has 1 aromatic rings. The average Bonchev–Trinajstić information content (AvgIpc) is 2.45. The lowest BCUT2D eigenvalue weighted by Crippen LogP contribution is -2.11. The van der Waals surface area contributed by atoms with Gasteiger partial charge in [0.1, 0.15) is 0 Å². The van der Waals surface area contributed by atoms with Gasteiger partial charge in [-0.3, -0.25) is 4.68 Å². The third-order valence-electron chi connectivity index (χ3n) is 2.08. The van der Waals surface area contributed by atoms with E-state index in [1.807, 2.05) is 6.20 Å². The van der Waals surface area contributed by atoms with Crippen LogP contribution in [0.15, 0.2) is 12.4 Å². The molecule has 0 radical (unpaired) electrons. The highest BCUT2D eigenvalue weighted by Crippen LogP contribution is 2.42. The number of hydrogen-bond donors (Lipinski definition) is 0. The molecule has 0 N–H and O–H groups in total. The molecule has 0 unspecified atom stereocenters. The minimum absolute atomic E-state index is 0.365. The van der Waals surface area contributed by atoms with Gasteiger partial charge < -0.3 is 0 Å². The fourth-order valence-electron chi connectivity index (χ4n) is 1.01. The van der Waals surface area contributed by atoms with E-state index in [-0.39, 0.29) is 0 Å². The maximum absolute atomic E-state index is 4.26. The first kappa shape index (κ1) is 6.64. The summed E-state index contributed by atoms with van der Waals surface area (Å²) in [6.45, 7) is 2.25. The quantitative estimate of drug-likeness (QED) is 0.695. The van der Waals surface area contributed by atoms with E-state index in [0.717, 1.165) is 0 Å². The zero-order chi connectivity index (χ0) is 7.19.